The van der Waals surface area contributed by atoms with Gasteiger partial charge < -0.3 is 15.8 Å². The molecule has 20 heavy (non-hydrogen) atoms. The zero-order valence-corrected chi connectivity index (χ0v) is 11.7. The first-order valence-electron chi connectivity index (χ1n) is 6.89. The van der Waals surface area contributed by atoms with E-state index in [4.69, 9.17) is 10.5 Å². The SMILES string of the molecule is CC1OCCC1CNC(=O)c1ccc(C#CCN)cc1. The molecule has 1 fully saturated rings. The third-order valence-corrected chi connectivity index (χ3v) is 3.54. The predicted molar refractivity (Wildman–Crippen MR) is 78.2 cm³/mol. The Hall–Kier alpha value is -1.83. The second-order valence-corrected chi connectivity index (χ2v) is 4.92. The van der Waals surface area contributed by atoms with E-state index in [9.17, 15) is 4.79 Å². The van der Waals surface area contributed by atoms with Crippen LogP contribution in [0, 0.1) is 17.8 Å². The van der Waals surface area contributed by atoms with Crippen LogP contribution in [0.25, 0.3) is 0 Å². The molecule has 4 nitrogen and oxygen atoms in total. The van der Waals surface area contributed by atoms with E-state index in [0.29, 0.717) is 24.6 Å². The van der Waals surface area contributed by atoms with Crippen molar-refractivity contribution in [2.45, 2.75) is 19.4 Å². The van der Waals surface area contributed by atoms with E-state index >= 15 is 0 Å². The number of carbonyl (C=O) groups excluding carboxylic acids is 1. The van der Waals surface area contributed by atoms with E-state index in [2.05, 4.69) is 24.1 Å². The highest BCUT2D eigenvalue weighted by atomic mass is 16.5. The standard InChI is InChI=1S/C16H20N2O2/c1-12-15(8-10-20-12)11-18-16(19)14-6-4-13(5-7-14)3-2-9-17/h4-7,12,15H,8-11,17H2,1H3,(H,18,19). The average Bonchev–Trinajstić information content (AvgIpc) is 2.88. The molecular formula is C16H20N2O2. The topological polar surface area (TPSA) is 64.3 Å². The Morgan fingerprint density at radius 1 is 1.45 bits per heavy atom. The lowest BCUT2D eigenvalue weighted by atomic mass is 10.0. The highest BCUT2D eigenvalue weighted by Gasteiger charge is 2.24. The van der Waals surface area contributed by atoms with Crippen molar-refractivity contribution in [3.05, 3.63) is 35.4 Å². The average molecular weight is 272 g/mol. The summed E-state index contributed by atoms with van der Waals surface area (Å²) in [5, 5.41) is 2.96. The lowest BCUT2D eigenvalue weighted by Crippen LogP contribution is -2.31. The number of nitrogens with two attached hydrogens (primary N) is 1. The van der Waals surface area contributed by atoms with Gasteiger partial charge >= 0.3 is 0 Å². The highest BCUT2D eigenvalue weighted by Crippen LogP contribution is 2.19. The second kappa shape index (κ2) is 7.09. The van der Waals surface area contributed by atoms with Gasteiger partial charge in [0.05, 0.1) is 12.6 Å². The van der Waals surface area contributed by atoms with Crippen molar-refractivity contribution in [1.29, 1.82) is 0 Å². The number of rotatable bonds is 3. The van der Waals surface area contributed by atoms with Gasteiger partial charge in [-0.3, -0.25) is 4.79 Å². The summed E-state index contributed by atoms with van der Waals surface area (Å²) >= 11 is 0. The molecule has 1 amide bonds. The summed E-state index contributed by atoms with van der Waals surface area (Å²) in [7, 11) is 0. The fraction of sp³-hybridized carbons (Fsp3) is 0.438. The molecule has 1 saturated heterocycles. The summed E-state index contributed by atoms with van der Waals surface area (Å²) in [4.78, 5) is 12.0. The van der Waals surface area contributed by atoms with Gasteiger partial charge in [-0.25, -0.2) is 0 Å². The molecular weight excluding hydrogens is 252 g/mol. The van der Waals surface area contributed by atoms with Crippen molar-refractivity contribution in [2.75, 3.05) is 19.7 Å². The molecule has 0 spiro atoms. The van der Waals surface area contributed by atoms with Gasteiger partial charge in [-0.1, -0.05) is 11.8 Å². The van der Waals surface area contributed by atoms with Crippen LogP contribution in [-0.4, -0.2) is 31.7 Å². The van der Waals surface area contributed by atoms with Crippen LogP contribution in [0.2, 0.25) is 0 Å². The molecule has 0 bridgehead atoms. The molecule has 2 unspecified atom stereocenters. The lowest BCUT2D eigenvalue weighted by molar-refractivity contribution is 0.0907. The lowest BCUT2D eigenvalue weighted by Gasteiger charge is -2.14. The van der Waals surface area contributed by atoms with Crippen LogP contribution < -0.4 is 11.1 Å². The van der Waals surface area contributed by atoms with Gasteiger partial charge in [0.15, 0.2) is 0 Å². The molecule has 2 rings (SSSR count). The molecule has 1 aliphatic heterocycles. The van der Waals surface area contributed by atoms with Crippen molar-refractivity contribution in [1.82, 2.24) is 5.32 Å². The van der Waals surface area contributed by atoms with E-state index in [1.807, 2.05) is 12.1 Å². The first kappa shape index (κ1) is 14.6. The number of ether oxygens (including phenoxy) is 1. The van der Waals surface area contributed by atoms with Crippen molar-refractivity contribution < 1.29 is 9.53 Å². The summed E-state index contributed by atoms with van der Waals surface area (Å²) in [5.74, 6) is 6.07. The minimum Gasteiger partial charge on any atom is -0.378 e. The van der Waals surface area contributed by atoms with E-state index in [0.717, 1.165) is 18.6 Å². The molecule has 1 aromatic carbocycles. The Labute approximate surface area is 119 Å². The number of nitrogens with one attached hydrogen (secondary N) is 1. The summed E-state index contributed by atoms with van der Waals surface area (Å²) in [6, 6.07) is 7.23. The number of amides is 1. The number of hydrogen-bond donors (Lipinski definition) is 2. The summed E-state index contributed by atoms with van der Waals surface area (Å²) in [6.45, 7) is 3.84. The maximum atomic E-state index is 12.0. The monoisotopic (exact) mass is 272 g/mol. The molecule has 0 aromatic heterocycles. The third-order valence-electron chi connectivity index (χ3n) is 3.54. The Balaban J connectivity index is 1.89. The Bertz CT molecular complexity index is 514. The largest absolute Gasteiger partial charge is 0.378 e. The normalized spacial score (nSPS) is 21.1. The van der Waals surface area contributed by atoms with Gasteiger partial charge in [-0.2, -0.15) is 0 Å². The second-order valence-electron chi connectivity index (χ2n) is 4.92. The molecule has 0 radical (unpaired) electrons. The van der Waals surface area contributed by atoms with Gasteiger partial charge in [-0.15, -0.1) is 0 Å². The van der Waals surface area contributed by atoms with Crippen LogP contribution in [0.1, 0.15) is 29.3 Å². The maximum absolute atomic E-state index is 12.0. The van der Waals surface area contributed by atoms with Crippen LogP contribution in [0.4, 0.5) is 0 Å². The molecule has 106 valence electrons. The highest BCUT2D eigenvalue weighted by molar-refractivity contribution is 5.94. The van der Waals surface area contributed by atoms with E-state index in [-0.39, 0.29) is 12.0 Å². The Kier molecular flexibility index (Phi) is 5.16. The third kappa shape index (κ3) is 3.83. The first-order chi connectivity index (χ1) is 9.70. The van der Waals surface area contributed by atoms with Gasteiger partial charge in [0.2, 0.25) is 0 Å². The quantitative estimate of drug-likeness (QED) is 0.811. The van der Waals surface area contributed by atoms with Gasteiger partial charge in [0.25, 0.3) is 5.91 Å². The van der Waals surface area contributed by atoms with Crippen molar-refractivity contribution in [3.63, 3.8) is 0 Å². The molecule has 1 aromatic rings. The number of carbonyl (C=O) groups is 1. The molecule has 1 heterocycles. The van der Waals surface area contributed by atoms with Crippen molar-refractivity contribution in [3.8, 4) is 11.8 Å². The zero-order chi connectivity index (χ0) is 14.4. The molecule has 0 aliphatic carbocycles. The van der Waals surface area contributed by atoms with Crippen LogP contribution in [0.5, 0.6) is 0 Å². The van der Waals surface area contributed by atoms with E-state index < -0.39 is 0 Å². The maximum Gasteiger partial charge on any atom is 0.251 e. The van der Waals surface area contributed by atoms with Gasteiger partial charge in [0.1, 0.15) is 0 Å². The summed E-state index contributed by atoms with van der Waals surface area (Å²) in [5.41, 5.74) is 6.83. The van der Waals surface area contributed by atoms with E-state index in [1.54, 1.807) is 12.1 Å². The number of benzene rings is 1. The van der Waals surface area contributed by atoms with Crippen LogP contribution in [0.3, 0.4) is 0 Å². The molecule has 4 heteroatoms. The van der Waals surface area contributed by atoms with Crippen LogP contribution >= 0.6 is 0 Å². The molecule has 1 aliphatic rings. The van der Waals surface area contributed by atoms with Crippen molar-refractivity contribution in [2.24, 2.45) is 11.7 Å². The fourth-order valence-corrected chi connectivity index (χ4v) is 2.23. The fourth-order valence-electron chi connectivity index (χ4n) is 2.23. The van der Waals surface area contributed by atoms with E-state index in [1.165, 1.54) is 0 Å². The molecule has 3 N–H and O–H groups in total. The number of hydrogen-bond acceptors (Lipinski definition) is 3. The van der Waals surface area contributed by atoms with Crippen LogP contribution in [0.15, 0.2) is 24.3 Å². The minimum absolute atomic E-state index is 0.0533. The first-order valence-corrected chi connectivity index (χ1v) is 6.89. The minimum atomic E-state index is -0.0533. The molecule has 2 atom stereocenters. The predicted octanol–water partition coefficient (Wildman–Crippen LogP) is 1.15. The van der Waals surface area contributed by atoms with Crippen molar-refractivity contribution >= 4 is 5.91 Å². The molecule has 0 saturated carbocycles. The summed E-state index contributed by atoms with van der Waals surface area (Å²) < 4.78 is 5.48. The zero-order valence-electron chi connectivity index (χ0n) is 11.7. The summed E-state index contributed by atoms with van der Waals surface area (Å²) in [6.07, 6.45) is 1.24. The van der Waals surface area contributed by atoms with Gasteiger partial charge in [0, 0.05) is 30.2 Å². The van der Waals surface area contributed by atoms with Crippen LogP contribution in [-0.2, 0) is 4.74 Å². The Morgan fingerprint density at radius 2 is 2.20 bits per heavy atom. The Morgan fingerprint density at radius 3 is 2.80 bits per heavy atom. The van der Waals surface area contributed by atoms with Gasteiger partial charge in [-0.05, 0) is 37.6 Å². The smallest absolute Gasteiger partial charge is 0.251 e.